The molecule has 2 aromatic rings. The molecule has 1 atom stereocenters. The van der Waals surface area contributed by atoms with E-state index in [1.807, 2.05) is 49.4 Å². The van der Waals surface area contributed by atoms with Crippen molar-refractivity contribution in [2.45, 2.75) is 32.4 Å². The molecule has 0 aromatic heterocycles. The summed E-state index contributed by atoms with van der Waals surface area (Å²) in [7, 11) is 3.20. The second-order valence-electron chi connectivity index (χ2n) is 6.80. The van der Waals surface area contributed by atoms with Crippen LogP contribution in [0.5, 0.6) is 11.5 Å². The van der Waals surface area contributed by atoms with Crippen LogP contribution in [-0.2, 0) is 16.2 Å². The summed E-state index contributed by atoms with van der Waals surface area (Å²) in [5.74, 6) is 1.36. The van der Waals surface area contributed by atoms with Crippen LogP contribution >= 0.6 is 11.6 Å². The highest BCUT2D eigenvalue weighted by Crippen LogP contribution is 2.29. The Hall–Kier alpha value is -2.73. The van der Waals surface area contributed by atoms with Crippen LogP contribution < -0.4 is 9.47 Å². The minimum atomic E-state index is -0.201. The van der Waals surface area contributed by atoms with E-state index < -0.39 is 0 Å². The Labute approximate surface area is 176 Å². The largest absolute Gasteiger partial charge is 0.493 e. The van der Waals surface area contributed by atoms with Crippen LogP contribution in [0.4, 0.5) is 0 Å². The summed E-state index contributed by atoms with van der Waals surface area (Å²) in [4.78, 5) is 19.9. The van der Waals surface area contributed by atoms with E-state index in [2.05, 4.69) is 5.16 Å². The van der Waals surface area contributed by atoms with Gasteiger partial charge >= 0.3 is 0 Å². The first-order valence-corrected chi connectivity index (χ1v) is 9.89. The van der Waals surface area contributed by atoms with Crippen molar-refractivity contribution in [3.63, 3.8) is 0 Å². The van der Waals surface area contributed by atoms with E-state index in [1.54, 1.807) is 19.1 Å². The number of rotatable bonds is 8. The molecule has 1 heterocycles. The molecule has 29 heavy (non-hydrogen) atoms. The number of carbonyl (C=O) groups is 1. The molecule has 0 saturated heterocycles. The van der Waals surface area contributed by atoms with Crippen LogP contribution in [0.1, 0.15) is 30.9 Å². The van der Waals surface area contributed by atoms with Gasteiger partial charge in [-0.05, 0) is 35.9 Å². The van der Waals surface area contributed by atoms with Crippen LogP contribution in [0.2, 0.25) is 5.02 Å². The van der Waals surface area contributed by atoms with Gasteiger partial charge < -0.3 is 19.2 Å². The maximum atomic E-state index is 12.5. The molecule has 0 spiro atoms. The van der Waals surface area contributed by atoms with Gasteiger partial charge in [0, 0.05) is 30.0 Å². The summed E-state index contributed by atoms with van der Waals surface area (Å²) in [6.45, 7) is 2.80. The average Bonchev–Trinajstić information content (AvgIpc) is 3.20. The lowest BCUT2D eigenvalue weighted by Crippen LogP contribution is -2.36. The molecule has 2 aromatic carbocycles. The van der Waals surface area contributed by atoms with Crippen LogP contribution in [0, 0.1) is 0 Å². The predicted molar refractivity (Wildman–Crippen MR) is 113 cm³/mol. The number of carbonyl (C=O) groups excluding carboxylic acids is 1. The van der Waals surface area contributed by atoms with Crippen molar-refractivity contribution < 1.29 is 19.1 Å². The van der Waals surface area contributed by atoms with Crippen LogP contribution in [-0.4, -0.2) is 43.4 Å². The topological polar surface area (TPSA) is 60.4 Å². The van der Waals surface area contributed by atoms with Crippen molar-refractivity contribution in [3.8, 4) is 11.5 Å². The minimum Gasteiger partial charge on any atom is -0.493 e. The second-order valence-corrected chi connectivity index (χ2v) is 7.23. The molecule has 1 unspecified atom stereocenters. The van der Waals surface area contributed by atoms with E-state index in [-0.39, 0.29) is 12.0 Å². The Balaban J connectivity index is 1.68. The van der Waals surface area contributed by atoms with Gasteiger partial charge in [0.25, 0.3) is 0 Å². The monoisotopic (exact) mass is 416 g/mol. The maximum Gasteiger partial charge on any atom is 0.222 e. The maximum absolute atomic E-state index is 12.5. The van der Waals surface area contributed by atoms with Gasteiger partial charge in [0.15, 0.2) is 17.6 Å². The number of halogens is 1. The highest BCUT2D eigenvalue weighted by molar-refractivity contribution is 6.30. The van der Waals surface area contributed by atoms with Gasteiger partial charge in [-0.15, -0.1) is 0 Å². The zero-order chi connectivity index (χ0) is 20.8. The Morgan fingerprint density at radius 3 is 2.69 bits per heavy atom. The number of hydrogen-bond acceptors (Lipinski definition) is 5. The molecule has 0 radical (unpaired) electrons. The number of hydrogen-bond donors (Lipinski definition) is 0. The lowest BCUT2D eigenvalue weighted by molar-refractivity contribution is -0.133. The van der Waals surface area contributed by atoms with Gasteiger partial charge in [-0.2, -0.15) is 0 Å². The summed E-state index contributed by atoms with van der Waals surface area (Å²) in [6.07, 6.45) is 0.836. The molecule has 0 saturated carbocycles. The predicted octanol–water partition coefficient (Wildman–Crippen LogP) is 4.29. The molecule has 0 aliphatic carbocycles. The summed E-state index contributed by atoms with van der Waals surface area (Å²) >= 11 is 6.08. The molecule has 0 bridgehead atoms. The molecule has 0 fully saturated rings. The number of nitrogens with zero attached hydrogens (tertiary/aromatic N) is 2. The number of benzene rings is 2. The van der Waals surface area contributed by atoms with E-state index in [0.717, 1.165) is 16.8 Å². The lowest BCUT2D eigenvalue weighted by atomic mass is 10.0. The van der Waals surface area contributed by atoms with Crippen molar-refractivity contribution in [2.75, 3.05) is 20.8 Å². The van der Waals surface area contributed by atoms with Crippen LogP contribution in [0.3, 0.4) is 0 Å². The van der Waals surface area contributed by atoms with Crippen LogP contribution in [0.15, 0.2) is 47.6 Å². The normalized spacial score (nSPS) is 15.4. The highest BCUT2D eigenvalue weighted by atomic mass is 35.5. The number of ether oxygens (including phenoxy) is 2. The second kappa shape index (κ2) is 9.65. The van der Waals surface area contributed by atoms with Gasteiger partial charge in [0.05, 0.1) is 26.5 Å². The molecule has 1 aliphatic heterocycles. The fourth-order valence-electron chi connectivity index (χ4n) is 3.29. The Morgan fingerprint density at radius 1 is 1.21 bits per heavy atom. The third kappa shape index (κ3) is 5.21. The fourth-order valence-corrected chi connectivity index (χ4v) is 3.51. The van der Waals surface area contributed by atoms with Crippen molar-refractivity contribution in [2.24, 2.45) is 5.16 Å². The van der Waals surface area contributed by atoms with Gasteiger partial charge in [-0.1, -0.05) is 35.8 Å². The SMILES string of the molecule is CCC(=O)N(Cc1cccc(Cl)c1)CC1CC(c2ccc(OC)c(OC)c2)=NO1. The lowest BCUT2D eigenvalue weighted by Gasteiger charge is -2.24. The standard InChI is InChI=1S/C22H25ClN2O4/c1-4-22(26)25(13-15-6-5-7-17(23)10-15)14-18-12-19(24-29-18)16-8-9-20(27-2)21(11-16)28-3/h5-11,18H,4,12-14H2,1-3H3. The first kappa shape index (κ1) is 21.0. The summed E-state index contributed by atoms with van der Waals surface area (Å²) in [5, 5.41) is 4.89. The zero-order valence-electron chi connectivity index (χ0n) is 16.9. The molecule has 154 valence electrons. The molecule has 3 rings (SSSR count). The Morgan fingerprint density at radius 2 is 2.00 bits per heavy atom. The minimum absolute atomic E-state index is 0.0631. The van der Waals surface area contributed by atoms with Gasteiger partial charge in [0.2, 0.25) is 5.91 Å². The third-order valence-corrected chi connectivity index (χ3v) is 5.03. The third-order valence-electron chi connectivity index (χ3n) is 4.79. The first-order chi connectivity index (χ1) is 14.0. The van der Waals surface area contributed by atoms with Crippen molar-refractivity contribution in [3.05, 3.63) is 58.6 Å². The molecule has 7 heteroatoms. The Kier molecular flexibility index (Phi) is 6.99. The smallest absolute Gasteiger partial charge is 0.222 e. The molecular weight excluding hydrogens is 392 g/mol. The number of methoxy groups -OCH3 is 2. The van der Waals surface area contributed by atoms with Gasteiger partial charge in [0.1, 0.15) is 0 Å². The summed E-state index contributed by atoms with van der Waals surface area (Å²) in [5.41, 5.74) is 2.72. The molecule has 6 nitrogen and oxygen atoms in total. The van der Waals surface area contributed by atoms with E-state index in [9.17, 15) is 4.79 Å². The molecular formula is C22H25ClN2O4. The van der Waals surface area contributed by atoms with E-state index in [4.69, 9.17) is 25.9 Å². The summed E-state index contributed by atoms with van der Waals surface area (Å²) in [6, 6.07) is 13.2. The zero-order valence-corrected chi connectivity index (χ0v) is 17.6. The van der Waals surface area contributed by atoms with Gasteiger partial charge in [-0.25, -0.2) is 0 Å². The van der Waals surface area contributed by atoms with E-state index >= 15 is 0 Å². The number of amides is 1. The highest BCUT2D eigenvalue weighted by Gasteiger charge is 2.27. The number of oxime groups is 1. The molecule has 1 aliphatic rings. The molecule has 0 N–H and O–H groups in total. The van der Waals surface area contributed by atoms with Crippen LogP contribution in [0.25, 0.3) is 0 Å². The van der Waals surface area contributed by atoms with Crippen molar-refractivity contribution >= 4 is 23.2 Å². The van der Waals surface area contributed by atoms with Crippen molar-refractivity contribution in [1.82, 2.24) is 4.90 Å². The Bertz CT molecular complexity index is 900. The first-order valence-electron chi connectivity index (χ1n) is 9.51. The average molecular weight is 417 g/mol. The van der Waals surface area contributed by atoms with E-state index in [0.29, 0.717) is 42.5 Å². The van der Waals surface area contributed by atoms with E-state index in [1.165, 1.54) is 0 Å². The molecule has 1 amide bonds. The summed E-state index contributed by atoms with van der Waals surface area (Å²) < 4.78 is 10.6. The fraction of sp³-hybridized carbons (Fsp3) is 0.364. The van der Waals surface area contributed by atoms with Crippen molar-refractivity contribution in [1.29, 1.82) is 0 Å². The van der Waals surface area contributed by atoms with Gasteiger partial charge in [-0.3, -0.25) is 4.79 Å². The quantitative estimate of drug-likeness (QED) is 0.644.